The number of benzene rings is 1. The van der Waals surface area contributed by atoms with Crippen LogP contribution in [0, 0.1) is 6.92 Å². The van der Waals surface area contributed by atoms with E-state index in [2.05, 4.69) is 6.92 Å². The first kappa shape index (κ1) is 23.5. The summed E-state index contributed by atoms with van der Waals surface area (Å²) in [6, 6.07) is 6.86. The number of aryl methyl sites for hydroxylation is 1. The molecule has 0 unspecified atom stereocenters. The fourth-order valence-electron chi connectivity index (χ4n) is 2.96. The molecule has 0 amide bonds. The van der Waals surface area contributed by atoms with Crippen molar-refractivity contribution in [1.29, 1.82) is 0 Å². The number of hydrogen-bond donors (Lipinski definition) is 0. The third kappa shape index (κ3) is 9.98. The summed E-state index contributed by atoms with van der Waals surface area (Å²) >= 11 is 0. The van der Waals surface area contributed by atoms with Gasteiger partial charge in [0.25, 0.3) is 0 Å². The highest BCUT2D eigenvalue weighted by Gasteiger charge is 2.24. The summed E-state index contributed by atoms with van der Waals surface area (Å²) in [5.41, 5.74) is 1.04. The molecule has 0 fully saturated rings. The van der Waals surface area contributed by atoms with E-state index in [0.29, 0.717) is 0 Å². The summed E-state index contributed by atoms with van der Waals surface area (Å²) < 4.78 is 30.5. The molecule has 0 heterocycles. The van der Waals surface area contributed by atoms with Gasteiger partial charge in [-0.05, 0) is 43.7 Å². The van der Waals surface area contributed by atoms with E-state index in [4.69, 9.17) is 3.63 Å². The molecule has 0 saturated carbocycles. The summed E-state index contributed by atoms with van der Waals surface area (Å²) in [6.07, 6.45) is 16.8. The normalized spacial score (nSPS) is 13.1. The van der Waals surface area contributed by atoms with Crippen LogP contribution in [-0.4, -0.2) is 26.7 Å². The molecule has 0 aliphatic heterocycles. The Labute approximate surface area is 163 Å². The molecule has 0 saturated heterocycles. The van der Waals surface area contributed by atoms with Gasteiger partial charge in [-0.3, -0.25) is 0 Å². The maximum atomic E-state index is 12.4. The van der Waals surface area contributed by atoms with Crippen LogP contribution in [0.5, 0.6) is 0 Å². The van der Waals surface area contributed by atoms with Gasteiger partial charge in [-0.25, -0.2) is 3.63 Å². The maximum Gasteiger partial charge on any atom is 0.306 e. The smallest absolute Gasteiger partial charge is 0.217 e. The lowest BCUT2D eigenvalue weighted by molar-refractivity contribution is 0.510. The first-order valence-electron chi connectivity index (χ1n) is 10.0. The van der Waals surface area contributed by atoms with E-state index >= 15 is 0 Å². The van der Waals surface area contributed by atoms with E-state index < -0.39 is 20.4 Å². The second-order valence-electron chi connectivity index (χ2n) is 7.66. The molecule has 152 valence electrons. The minimum atomic E-state index is -3.66. The highest BCUT2D eigenvalue weighted by atomic mass is 32.3. The highest BCUT2D eigenvalue weighted by molar-refractivity contribution is 8.32. The predicted octanol–water partition coefficient (Wildman–Crippen LogP) is 6.60. The van der Waals surface area contributed by atoms with Crippen LogP contribution < -0.4 is 0 Å². The summed E-state index contributed by atoms with van der Waals surface area (Å²) in [7, 11) is -5.25. The lowest BCUT2D eigenvalue weighted by Crippen LogP contribution is -2.13. The Kier molecular flexibility index (Phi) is 10.9. The quantitative estimate of drug-likeness (QED) is 0.329. The maximum absolute atomic E-state index is 12.4. The average molecular weight is 403 g/mol. The summed E-state index contributed by atoms with van der Waals surface area (Å²) in [6.45, 7) is 4.19. The number of rotatable bonds is 14. The largest absolute Gasteiger partial charge is 0.306 e. The average Bonchev–Trinajstić information content (AvgIpc) is 2.56. The first-order valence-corrected chi connectivity index (χ1v) is 14.0. The SMILES string of the molecule is CCCCCCCCCCCCS(C)(C)OS(=O)(=O)c1ccc(C)cc1. The monoisotopic (exact) mass is 402 g/mol. The Hall–Kier alpha value is -0.520. The first-order chi connectivity index (χ1) is 12.3. The second-order valence-corrected chi connectivity index (χ2v) is 12.9. The Balaban J connectivity index is 2.24. The van der Waals surface area contributed by atoms with Crippen molar-refractivity contribution in [2.24, 2.45) is 0 Å². The van der Waals surface area contributed by atoms with E-state index in [-0.39, 0.29) is 4.90 Å². The molecule has 0 aliphatic rings. The van der Waals surface area contributed by atoms with E-state index in [0.717, 1.165) is 17.7 Å². The molecule has 0 radical (unpaired) electrons. The van der Waals surface area contributed by atoms with Gasteiger partial charge in [0.1, 0.15) is 0 Å². The van der Waals surface area contributed by atoms with Crippen molar-refractivity contribution in [2.45, 2.75) is 83.0 Å². The molecule has 0 aromatic heterocycles. The van der Waals surface area contributed by atoms with Crippen LogP contribution in [0.4, 0.5) is 0 Å². The fourth-order valence-corrected chi connectivity index (χ4v) is 6.85. The minimum Gasteiger partial charge on any atom is -0.217 e. The van der Waals surface area contributed by atoms with Crippen molar-refractivity contribution in [3.05, 3.63) is 29.8 Å². The lowest BCUT2D eigenvalue weighted by atomic mass is 10.1. The molecule has 1 aromatic carbocycles. The number of hydrogen-bond acceptors (Lipinski definition) is 3. The molecule has 0 aliphatic carbocycles. The van der Waals surface area contributed by atoms with Gasteiger partial charge in [-0.1, -0.05) is 82.4 Å². The molecule has 0 spiro atoms. The van der Waals surface area contributed by atoms with Crippen molar-refractivity contribution < 1.29 is 12.0 Å². The minimum absolute atomic E-state index is 0.256. The standard InChI is InChI=1S/C21H38O3S2/c1-5-6-7-8-9-10-11-12-13-14-19-25(3,4)24-26(22,23)21-17-15-20(2)16-18-21/h15-18H,5-14,19H2,1-4H3. The van der Waals surface area contributed by atoms with Crippen molar-refractivity contribution in [3.8, 4) is 0 Å². The van der Waals surface area contributed by atoms with Gasteiger partial charge >= 0.3 is 10.1 Å². The van der Waals surface area contributed by atoms with Crippen LogP contribution in [0.1, 0.15) is 76.7 Å². The van der Waals surface area contributed by atoms with Gasteiger partial charge < -0.3 is 0 Å². The molecule has 5 heteroatoms. The molecule has 3 nitrogen and oxygen atoms in total. The van der Waals surface area contributed by atoms with E-state index in [1.165, 1.54) is 57.8 Å². The van der Waals surface area contributed by atoms with E-state index in [9.17, 15) is 8.42 Å². The van der Waals surface area contributed by atoms with Gasteiger partial charge in [0.15, 0.2) is 0 Å². The fraction of sp³-hybridized carbons (Fsp3) is 0.714. The summed E-state index contributed by atoms with van der Waals surface area (Å²) in [5, 5.41) is 0. The Bertz CT molecular complexity index is 592. The van der Waals surface area contributed by atoms with Crippen LogP contribution >= 0.6 is 10.3 Å². The Morgan fingerprint density at radius 2 is 1.23 bits per heavy atom. The Morgan fingerprint density at radius 1 is 0.769 bits per heavy atom. The molecule has 26 heavy (non-hydrogen) atoms. The van der Waals surface area contributed by atoms with Crippen LogP contribution in [0.3, 0.4) is 0 Å². The molecule has 0 bridgehead atoms. The second kappa shape index (κ2) is 12.0. The zero-order valence-corrected chi connectivity index (χ0v) is 18.8. The summed E-state index contributed by atoms with van der Waals surface area (Å²) in [4.78, 5) is 0.256. The van der Waals surface area contributed by atoms with Crippen molar-refractivity contribution >= 4 is 20.4 Å². The highest BCUT2D eigenvalue weighted by Crippen LogP contribution is 2.45. The zero-order chi connectivity index (χ0) is 19.5. The Morgan fingerprint density at radius 3 is 1.73 bits per heavy atom. The van der Waals surface area contributed by atoms with Crippen molar-refractivity contribution in [3.63, 3.8) is 0 Å². The zero-order valence-electron chi connectivity index (χ0n) is 17.1. The van der Waals surface area contributed by atoms with Gasteiger partial charge in [-0.2, -0.15) is 8.42 Å². The molecular formula is C21H38O3S2. The lowest BCUT2D eigenvalue weighted by Gasteiger charge is -2.29. The number of unbranched alkanes of at least 4 members (excludes halogenated alkanes) is 9. The topological polar surface area (TPSA) is 43.4 Å². The third-order valence-corrected chi connectivity index (χ3v) is 8.88. The predicted molar refractivity (Wildman–Crippen MR) is 116 cm³/mol. The van der Waals surface area contributed by atoms with Crippen LogP contribution in [0.25, 0.3) is 0 Å². The van der Waals surface area contributed by atoms with E-state index in [1.807, 2.05) is 19.4 Å². The molecule has 0 atom stereocenters. The molecule has 1 aromatic rings. The van der Waals surface area contributed by atoms with Crippen LogP contribution in [0.2, 0.25) is 0 Å². The van der Waals surface area contributed by atoms with Crippen molar-refractivity contribution in [1.82, 2.24) is 0 Å². The van der Waals surface area contributed by atoms with E-state index in [1.54, 1.807) is 24.3 Å². The van der Waals surface area contributed by atoms with Gasteiger partial charge in [-0.15, -0.1) is 10.3 Å². The molecular weight excluding hydrogens is 364 g/mol. The van der Waals surface area contributed by atoms with Crippen molar-refractivity contribution in [2.75, 3.05) is 18.3 Å². The van der Waals surface area contributed by atoms with Gasteiger partial charge in [0, 0.05) is 0 Å². The van der Waals surface area contributed by atoms with Gasteiger partial charge in [0.05, 0.1) is 4.90 Å². The van der Waals surface area contributed by atoms with Crippen LogP contribution in [-0.2, 0) is 13.7 Å². The van der Waals surface area contributed by atoms with Gasteiger partial charge in [0.2, 0.25) is 0 Å². The van der Waals surface area contributed by atoms with Crippen LogP contribution in [0.15, 0.2) is 29.2 Å². The molecule has 1 rings (SSSR count). The molecule has 0 N–H and O–H groups in total. The summed E-state index contributed by atoms with van der Waals surface area (Å²) in [5.74, 6) is 0.842. The third-order valence-electron chi connectivity index (χ3n) is 4.57.